The summed E-state index contributed by atoms with van der Waals surface area (Å²) < 4.78 is 6.97. The van der Waals surface area contributed by atoms with Crippen LogP contribution in [0.25, 0.3) is 0 Å². The summed E-state index contributed by atoms with van der Waals surface area (Å²) in [6, 6.07) is 0. The number of fused-ring (bicyclic) bond motifs is 1. The van der Waals surface area contributed by atoms with Crippen molar-refractivity contribution in [2.45, 2.75) is 73.4 Å². The number of aryl methyl sites for hydroxylation is 1. The summed E-state index contributed by atoms with van der Waals surface area (Å²) in [5.41, 5.74) is 5.09. The largest absolute Gasteiger partial charge is 0.348 e. The molecule has 1 aliphatic rings. The van der Waals surface area contributed by atoms with E-state index in [0.29, 0.717) is 24.4 Å². The minimum Gasteiger partial charge on any atom is -0.348 e. The summed E-state index contributed by atoms with van der Waals surface area (Å²) in [7, 11) is 1.74. The van der Waals surface area contributed by atoms with Crippen molar-refractivity contribution in [3.8, 4) is 0 Å². The van der Waals surface area contributed by atoms with Crippen molar-refractivity contribution in [3.63, 3.8) is 0 Å². The maximum atomic E-state index is 13.0. The molecule has 3 rings (SSSR count). The zero-order valence-corrected chi connectivity index (χ0v) is 17.8. The van der Waals surface area contributed by atoms with Gasteiger partial charge in [0.15, 0.2) is 5.78 Å². The minimum atomic E-state index is -0.0457. The van der Waals surface area contributed by atoms with Gasteiger partial charge in [0.1, 0.15) is 11.4 Å². The molecule has 2 aromatic heterocycles. The van der Waals surface area contributed by atoms with Gasteiger partial charge >= 0.3 is 0 Å². The van der Waals surface area contributed by atoms with Crippen molar-refractivity contribution in [1.82, 2.24) is 19.8 Å². The highest BCUT2D eigenvalue weighted by atomic mass is 16.6. The lowest BCUT2D eigenvalue weighted by atomic mass is 9.75. The fourth-order valence-corrected chi connectivity index (χ4v) is 4.14. The molecule has 2 heterocycles. The Morgan fingerprint density at radius 2 is 1.96 bits per heavy atom. The van der Waals surface area contributed by atoms with Gasteiger partial charge in [-0.2, -0.15) is 0 Å². The quantitative estimate of drug-likeness (QED) is 0.761. The van der Waals surface area contributed by atoms with Crippen LogP contribution in [-0.4, -0.2) is 38.5 Å². The van der Waals surface area contributed by atoms with Crippen LogP contribution in [0.5, 0.6) is 0 Å². The van der Waals surface area contributed by atoms with Crippen LogP contribution < -0.4 is 0 Å². The Bertz CT molecular complexity index is 907. The van der Waals surface area contributed by atoms with Gasteiger partial charge in [0.05, 0.1) is 13.0 Å². The van der Waals surface area contributed by atoms with Crippen molar-refractivity contribution in [1.29, 1.82) is 0 Å². The number of rotatable bonds is 6. The predicted octanol–water partition coefficient (Wildman–Crippen LogP) is 3.25. The molecular formula is C21H30N4O3. The third-order valence-electron chi connectivity index (χ3n) is 5.66. The number of ketones is 1. The van der Waals surface area contributed by atoms with Gasteiger partial charge < -0.3 is 9.47 Å². The second-order valence-electron chi connectivity index (χ2n) is 8.70. The van der Waals surface area contributed by atoms with E-state index in [9.17, 15) is 9.59 Å². The maximum Gasteiger partial charge on any atom is 0.227 e. The fraction of sp³-hybridized carbons (Fsp3) is 0.619. The van der Waals surface area contributed by atoms with E-state index in [2.05, 4.69) is 35.7 Å². The molecule has 28 heavy (non-hydrogen) atoms. The van der Waals surface area contributed by atoms with Crippen LogP contribution in [0.1, 0.15) is 72.3 Å². The molecule has 0 atom stereocenters. The first-order chi connectivity index (χ1) is 13.1. The van der Waals surface area contributed by atoms with Crippen LogP contribution >= 0.6 is 0 Å². The van der Waals surface area contributed by atoms with Gasteiger partial charge in [0, 0.05) is 37.0 Å². The van der Waals surface area contributed by atoms with Gasteiger partial charge in [0.25, 0.3) is 0 Å². The molecule has 1 aliphatic carbocycles. The van der Waals surface area contributed by atoms with Crippen molar-refractivity contribution < 1.29 is 14.2 Å². The number of nitrogens with zero attached hydrogens (tertiary/aromatic N) is 4. The van der Waals surface area contributed by atoms with Crippen LogP contribution in [0.15, 0.2) is 4.63 Å². The Kier molecular flexibility index (Phi) is 5.46. The molecule has 7 nitrogen and oxygen atoms in total. The Morgan fingerprint density at radius 3 is 2.57 bits per heavy atom. The molecule has 0 aromatic carbocycles. The van der Waals surface area contributed by atoms with Gasteiger partial charge in [-0.25, -0.2) is 4.63 Å². The summed E-state index contributed by atoms with van der Waals surface area (Å²) in [6.45, 7) is 11.4. The Balaban J connectivity index is 1.91. The number of hydrogen-bond acceptors (Lipinski definition) is 5. The summed E-state index contributed by atoms with van der Waals surface area (Å²) >= 11 is 0. The van der Waals surface area contributed by atoms with E-state index in [1.807, 2.05) is 6.92 Å². The number of aromatic nitrogens is 3. The number of carbonyl (C=O) groups is 2. The molecule has 0 unspecified atom stereocenters. The average molecular weight is 386 g/mol. The standard InChI is InChI=1S/C21H30N4O3/c1-7-8-25-14(3)15(20-17(25)10-21(4,5)11-18(20)26)9-19(27)24(6)12-16-13(2)22-28-23-16/h7-12H2,1-6H3. The molecule has 0 N–H and O–H groups in total. The molecule has 0 aliphatic heterocycles. The predicted molar refractivity (Wildman–Crippen MR) is 105 cm³/mol. The first-order valence-corrected chi connectivity index (χ1v) is 9.90. The molecule has 0 radical (unpaired) electrons. The summed E-state index contributed by atoms with van der Waals surface area (Å²) in [5.74, 6) is 0.116. The van der Waals surface area contributed by atoms with E-state index < -0.39 is 0 Å². The highest BCUT2D eigenvalue weighted by Crippen LogP contribution is 2.39. The fourth-order valence-electron chi connectivity index (χ4n) is 4.14. The molecular weight excluding hydrogens is 356 g/mol. The number of amides is 1. The highest BCUT2D eigenvalue weighted by Gasteiger charge is 2.37. The summed E-state index contributed by atoms with van der Waals surface area (Å²) in [5, 5.41) is 7.61. The van der Waals surface area contributed by atoms with Crippen molar-refractivity contribution in [2.24, 2.45) is 5.41 Å². The topological polar surface area (TPSA) is 81.2 Å². The number of Topliss-reactive ketones (excluding diaryl/α,β-unsaturated/α-hetero) is 1. The van der Waals surface area contributed by atoms with Crippen LogP contribution in [0.4, 0.5) is 0 Å². The minimum absolute atomic E-state index is 0.0421. The highest BCUT2D eigenvalue weighted by molar-refractivity contribution is 6.01. The molecule has 152 valence electrons. The lowest BCUT2D eigenvalue weighted by molar-refractivity contribution is -0.129. The molecule has 7 heteroatoms. The van der Waals surface area contributed by atoms with Gasteiger partial charge in [-0.1, -0.05) is 31.1 Å². The molecule has 2 aromatic rings. The van der Waals surface area contributed by atoms with E-state index in [1.165, 1.54) is 0 Å². The summed E-state index contributed by atoms with van der Waals surface area (Å²) in [6.07, 6.45) is 2.60. The van der Waals surface area contributed by atoms with E-state index in [1.54, 1.807) is 18.9 Å². The second-order valence-corrected chi connectivity index (χ2v) is 8.70. The monoisotopic (exact) mass is 386 g/mol. The maximum absolute atomic E-state index is 13.0. The smallest absolute Gasteiger partial charge is 0.227 e. The Labute approximate surface area is 166 Å². The summed E-state index contributed by atoms with van der Waals surface area (Å²) in [4.78, 5) is 27.5. The van der Waals surface area contributed by atoms with Crippen molar-refractivity contribution in [2.75, 3.05) is 7.05 Å². The van der Waals surface area contributed by atoms with Crippen LogP contribution in [0.2, 0.25) is 0 Å². The average Bonchev–Trinajstić information content (AvgIpc) is 3.10. The lowest BCUT2D eigenvalue weighted by Gasteiger charge is -2.30. The van der Waals surface area contributed by atoms with Gasteiger partial charge in [-0.3, -0.25) is 9.59 Å². The Morgan fingerprint density at radius 1 is 1.25 bits per heavy atom. The van der Waals surface area contributed by atoms with Gasteiger partial charge in [-0.05, 0) is 37.7 Å². The molecule has 1 amide bonds. The van der Waals surface area contributed by atoms with Crippen molar-refractivity contribution in [3.05, 3.63) is 33.9 Å². The third-order valence-corrected chi connectivity index (χ3v) is 5.66. The van der Waals surface area contributed by atoms with E-state index in [-0.39, 0.29) is 23.5 Å². The molecule has 0 saturated carbocycles. The molecule has 0 fully saturated rings. The van der Waals surface area contributed by atoms with Crippen molar-refractivity contribution >= 4 is 11.7 Å². The molecule has 0 spiro atoms. The van der Waals surface area contributed by atoms with E-state index >= 15 is 0 Å². The number of likely N-dealkylation sites (N-methyl/N-ethyl adjacent to an activating group) is 1. The zero-order valence-electron chi connectivity index (χ0n) is 17.8. The number of hydrogen-bond donors (Lipinski definition) is 0. The molecule has 0 saturated heterocycles. The number of carbonyl (C=O) groups excluding carboxylic acids is 2. The van der Waals surface area contributed by atoms with Crippen LogP contribution in [0.3, 0.4) is 0 Å². The second kappa shape index (κ2) is 7.53. The first kappa shape index (κ1) is 20.3. The van der Waals surface area contributed by atoms with Crippen LogP contribution in [-0.2, 0) is 30.7 Å². The van der Waals surface area contributed by atoms with E-state index in [0.717, 1.165) is 41.9 Å². The molecule has 0 bridgehead atoms. The normalized spacial score (nSPS) is 15.6. The first-order valence-electron chi connectivity index (χ1n) is 9.90. The van der Waals surface area contributed by atoms with Crippen LogP contribution in [0, 0.1) is 19.3 Å². The third kappa shape index (κ3) is 3.75. The SMILES string of the molecule is CCCn1c(C)c(CC(=O)N(C)Cc2nonc2C)c2c1CC(C)(C)CC2=O. The van der Waals surface area contributed by atoms with Gasteiger partial charge in [-0.15, -0.1) is 0 Å². The zero-order chi connectivity index (χ0) is 20.6. The van der Waals surface area contributed by atoms with Gasteiger partial charge in [0.2, 0.25) is 5.91 Å². The Hall–Kier alpha value is -2.44. The van der Waals surface area contributed by atoms with E-state index in [4.69, 9.17) is 4.63 Å². The lowest BCUT2D eigenvalue weighted by Crippen LogP contribution is -2.30.